The summed E-state index contributed by atoms with van der Waals surface area (Å²) in [6.07, 6.45) is 8.29. The molecule has 272 valence electrons. The van der Waals surface area contributed by atoms with Gasteiger partial charge in [0.2, 0.25) is 17.7 Å². The lowest BCUT2D eigenvalue weighted by molar-refractivity contribution is -0.147. The second-order valence-corrected chi connectivity index (χ2v) is 10.4. The Bertz CT molecular complexity index is 1100. The summed E-state index contributed by atoms with van der Waals surface area (Å²) in [4.78, 5) is 88.7. The van der Waals surface area contributed by atoms with Crippen LogP contribution in [-0.2, 0) is 57.3 Å². The van der Waals surface area contributed by atoms with Gasteiger partial charge in [-0.2, -0.15) is 0 Å². The predicted octanol–water partition coefficient (Wildman–Crippen LogP) is 2.03. The van der Waals surface area contributed by atoms with Crippen LogP contribution in [0.1, 0.15) is 73.6 Å². The zero-order valence-electron chi connectivity index (χ0n) is 29.8. The number of rotatable bonds is 17. The molecule has 0 aromatic heterocycles. The smallest absolute Gasteiger partial charge is 0.328 e. The molecule has 3 N–H and O–H groups in total. The Kier molecular flexibility index (Phi) is 28.2. The van der Waals surface area contributed by atoms with Crippen molar-refractivity contribution in [2.75, 3.05) is 28.4 Å². The van der Waals surface area contributed by atoms with Crippen LogP contribution in [0.2, 0.25) is 0 Å². The monoisotopic (exact) mass is 683 g/mol. The minimum absolute atomic E-state index is 0.100. The maximum atomic E-state index is 11.5. The summed E-state index contributed by atoms with van der Waals surface area (Å²) in [6, 6.07) is -1.96. The van der Waals surface area contributed by atoms with Crippen LogP contribution < -0.4 is 16.0 Å². The highest BCUT2D eigenvalue weighted by atomic mass is 16.5. The molecule has 15 nitrogen and oxygen atoms in total. The average molecular weight is 684 g/mol. The number of amides is 3. The zero-order valence-corrected chi connectivity index (χ0v) is 29.8. The van der Waals surface area contributed by atoms with Crippen LogP contribution in [0.15, 0.2) is 36.5 Å². The molecule has 0 saturated carbocycles. The van der Waals surface area contributed by atoms with Crippen molar-refractivity contribution in [2.24, 2.45) is 5.92 Å². The first-order valence-corrected chi connectivity index (χ1v) is 14.9. The predicted molar refractivity (Wildman–Crippen MR) is 177 cm³/mol. The van der Waals surface area contributed by atoms with Gasteiger partial charge in [-0.25, -0.2) is 14.4 Å². The number of nitrogens with one attached hydrogen (secondary N) is 3. The third kappa shape index (κ3) is 26.4. The Hall–Kier alpha value is -4.82. The summed E-state index contributed by atoms with van der Waals surface area (Å²) in [5.41, 5.74) is 1.10. The maximum Gasteiger partial charge on any atom is 0.328 e. The van der Waals surface area contributed by atoms with E-state index in [0.717, 1.165) is 5.57 Å². The van der Waals surface area contributed by atoms with Crippen LogP contribution in [0.5, 0.6) is 0 Å². The quantitative estimate of drug-likeness (QED) is 0.114. The fourth-order valence-electron chi connectivity index (χ4n) is 3.59. The van der Waals surface area contributed by atoms with Crippen molar-refractivity contribution < 1.29 is 57.3 Å². The number of esters is 4. The SMILES string of the molecule is C=CC[C@H](NC(C)=O)C(=O)OC.COC(=O)[C@H](CC=C(C)C)NC(C)=O.COC(=O)[C@H](CC=CC[C@H](NC(C)=O)C(=O)OC)CC(C)=O. The Morgan fingerprint density at radius 2 is 0.896 bits per heavy atom. The molecule has 0 heterocycles. The molecule has 0 bridgehead atoms. The van der Waals surface area contributed by atoms with Crippen molar-refractivity contribution in [1.82, 2.24) is 16.0 Å². The fourth-order valence-corrected chi connectivity index (χ4v) is 3.59. The second-order valence-electron chi connectivity index (χ2n) is 10.4. The Morgan fingerprint density at radius 3 is 1.21 bits per heavy atom. The van der Waals surface area contributed by atoms with Gasteiger partial charge in [0.25, 0.3) is 0 Å². The topological polar surface area (TPSA) is 210 Å². The zero-order chi connectivity index (χ0) is 37.8. The summed E-state index contributed by atoms with van der Waals surface area (Å²) in [6.45, 7) is 12.8. The van der Waals surface area contributed by atoms with Crippen LogP contribution in [0, 0.1) is 5.92 Å². The van der Waals surface area contributed by atoms with Gasteiger partial charge < -0.3 is 39.7 Å². The van der Waals surface area contributed by atoms with Crippen molar-refractivity contribution in [1.29, 1.82) is 0 Å². The standard InChI is InChI=1S/C15H23NO6.C10H17NO3.C8H13NO3/c1-10(17)9-12(14(19)21-3)7-5-6-8-13(15(20)22-4)16-11(2)18;1-7(2)5-6-9(10(13)14-4)11-8(3)12;1-4-5-7(8(11)12-3)9-6(2)10/h5-6,12-13H,7-9H2,1-4H3,(H,16,18);5,9H,6H2,1-4H3,(H,11,12);4,7H,1,5H2,2-3H3,(H,9,10)/t12-,13+;9-;7-/m100/s1. The van der Waals surface area contributed by atoms with Gasteiger partial charge in [0, 0.05) is 27.2 Å². The molecule has 0 aromatic rings. The van der Waals surface area contributed by atoms with E-state index in [2.05, 4.69) is 41.5 Å². The minimum Gasteiger partial charge on any atom is -0.469 e. The van der Waals surface area contributed by atoms with Gasteiger partial charge in [-0.3, -0.25) is 19.2 Å². The first kappa shape index (κ1) is 47.6. The van der Waals surface area contributed by atoms with E-state index in [1.54, 1.807) is 18.2 Å². The van der Waals surface area contributed by atoms with E-state index < -0.39 is 47.9 Å². The number of ketones is 1. The van der Waals surface area contributed by atoms with Gasteiger partial charge in [-0.1, -0.05) is 29.9 Å². The largest absolute Gasteiger partial charge is 0.469 e. The van der Waals surface area contributed by atoms with E-state index in [4.69, 9.17) is 0 Å². The van der Waals surface area contributed by atoms with Gasteiger partial charge in [0.05, 0.1) is 34.4 Å². The Morgan fingerprint density at radius 1 is 0.542 bits per heavy atom. The van der Waals surface area contributed by atoms with Gasteiger partial charge in [0.15, 0.2) is 0 Å². The van der Waals surface area contributed by atoms with E-state index in [1.165, 1.54) is 56.1 Å². The molecular formula is C33H53N3O12. The Labute approximate surface area is 283 Å². The second kappa shape index (κ2) is 28.4. The van der Waals surface area contributed by atoms with E-state index in [-0.39, 0.29) is 36.3 Å². The lowest BCUT2D eigenvalue weighted by atomic mass is 9.98. The number of methoxy groups -OCH3 is 4. The number of ether oxygens (including phenoxy) is 4. The highest BCUT2D eigenvalue weighted by Gasteiger charge is 2.21. The highest BCUT2D eigenvalue weighted by Crippen LogP contribution is 2.13. The summed E-state index contributed by atoms with van der Waals surface area (Å²) < 4.78 is 18.3. The lowest BCUT2D eigenvalue weighted by Crippen LogP contribution is -2.40. The molecule has 0 aromatic carbocycles. The molecule has 0 spiro atoms. The third-order valence-electron chi connectivity index (χ3n) is 5.78. The molecule has 0 aliphatic heterocycles. The van der Waals surface area contributed by atoms with Crippen LogP contribution in [0.3, 0.4) is 0 Å². The summed E-state index contributed by atoms with van der Waals surface area (Å²) in [5.74, 6) is -3.35. The van der Waals surface area contributed by atoms with E-state index >= 15 is 0 Å². The first-order valence-electron chi connectivity index (χ1n) is 14.9. The number of carbonyl (C=O) groups is 8. The minimum atomic E-state index is -0.775. The molecule has 0 fully saturated rings. The number of Topliss-reactive ketones (excluding diaryl/α,β-unsaturated/α-hetero) is 1. The molecule has 0 aliphatic carbocycles. The molecule has 0 unspecified atom stereocenters. The Balaban J connectivity index is -0.000000673. The summed E-state index contributed by atoms with van der Waals surface area (Å²) >= 11 is 0. The van der Waals surface area contributed by atoms with Crippen molar-refractivity contribution in [3.05, 3.63) is 36.5 Å². The fraction of sp³-hybridized carbons (Fsp3) is 0.576. The van der Waals surface area contributed by atoms with Crippen LogP contribution >= 0.6 is 0 Å². The summed E-state index contributed by atoms with van der Waals surface area (Å²) in [7, 11) is 5.09. The molecule has 48 heavy (non-hydrogen) atoms. The van der Waals surface area contributed by atoms with Gasteiger partial charge in [-0.05, 0) is 46.5 Å². The maximum absolute atomic E-state index is 11.5. The third-order valence-corrected chi connectivity index (χ3v) is 5.78. The van der Waals surface area contributed by atoms with E-state index in [9.17, 15) is 38.4 Å². The lowest BCUT2D eigenvalue weighted by Gasteiger charge is -2.13. The average Bonchev–Trinajstić information content (AvgIpc) is 3.01. The number of hydrogen-bond acceptors (Lipinski definition) is 12. The number of carbonyl (C=O) groups excluding carboxylic acids is 8. The van der Waals surface area contributed by atoms with Crippen LogP contribution in [0.4, 0.5) is 0 Å². The number of hydrogen-bond donors (Lipinski definition) is 3. The molecule has 3 amide bonds. The van der Waals surface area contributed by atoms with E-state index in [1.807, 2.05) is 19.9 Å². The van der Waals surface area contributed by atoms with Gasteiger partial charge in [-0.15, -0.1) is 6.58 Å². The molecule has 0 saturated heterocycles. The summed E-state index contributed by atoms with van der Waals surface area (Å²) in [5, 5.41) is 7.45. The molecule has 0 rings (SSSR count). The number of allylic oxidation sites excluding steroid dienone is 2. The van der Waals surface area contributed by atoms with Crippen molar-refractivity contribution in [3.63, 3.8) is 0 Å². The molecule has 4 atom stereocenters. The van der Waals surface area contributed by atoms with Crippen LogP contribution in [0.25, 0.3) is 0 Å². The van der Waals surface area contributed by atoms with Crippen molar-refractivity contribution >= 4 is 47.4 Å². The highest BCUT2D eigenvalue weighted by molar-refractivity contribution is 5.85. The molecule has 0 aliphatic rings. The first-order chi connectivity index (χ1) is 22.4. The molecule has 0 radical (unpaired) electrons. The van der Waals surface area contributed by atoms with Gasteiger partial charge in [0.1, 0.15) is 23.9 Å². The molecular weight excluding hydrogens is 630 g/mol. The van der Waals surface area contributed by atoms with E-state index in [0.29, 0.717) is 19.3 Å². The van der Waals surface area contributed by atoms with Crippen molar-refractivity contribution in [2.45, 2.75) is 91.8 Å². The van der Waals surface area contributed by atoms with Gasteiger partial charge >= 0.3 is 23.9 Å². The normalized spacial score (nSPS) is 12.3. The van der Waals surface area contributed by atoms with Crippen molar-refractivity contribution in [3.8, 4) is 0 Å². The van der Waals surface area contributed by atoms with Crippen LogP contribution in [-0.4, -0.2) is 93.9 Å². The molecule has 15 heteroatoms.